The van der Waals surface area contributed by atoms with Crippen molar-refractivity contribution in [2.75, 3.05) is 23.1 Å². The van der Waals surface area contributed by atoms with Crippen LogP contribution in [0.4, 0.5) is 17.1 Å². The van der Waals surface area contributed by atoms with Crippen molar-refractivity contribution in [1.29, 1.82) is 0 Å². The number of rotatable bonds is 7. The fourth-order valence-corrected chi connectivity index (χ4v) is 4.86. The third-order valence-corrected chi connectivity index (χ3v) is 6.77. The highest BCUT2D eigenvalue weighted by Gasteiger charge is 2.33. The van der Waals surface area contributed by atoms with Crippen molar-refractivity contribution in [3.63, 3.8) is 0 Å². The van der Waals surface area contributed by atoms with Crippen LogP contribution in [0.25, 0.3) is 6.08 Å². The molecule has 0 radical (unpaired) electrons. The number of nitro benzene ring substituents is 1. The second kappa shape index (κ2) is 10.7. The molecule has 2 heterocycles. The molecule has 0 bridgehead atoms. The Morgan fingerprint density at radius 3 is 2.80 bits per heavy atom. The van der Waals surface area contributed by atoms with Gasteiger partial charge in [0, 0.05) is 22.7 Å². The topological polar surface area (TPSA) is 114 Å². The van der Waals surface area contributed by atoms with E-state index in [1.165, 1.54) is 41.5 Å². The number of thiophene rings is 1. The van der Waals surface area contributed by atoms with Gasteiger partial charge in [-0.2, -0.15) is 0 Å². The number of non-ortho nitro benzene ring substituents is 1. The Morgan fingerprint density at radius 1 is 1.29 bits per heavy atom. The number of halogens is 1. The molecule has 12 heteroatoms. The first-order valence-corrected chi connectivity index (χ1v) is 12.3. The van der Waals surface area contributed by atoms with Gasteiger partial charge in [-0.3, -0.25) is 24.6 Å². The van der Waals surface area contributed by atoms with Crippen LogP contribution in [0.2, 0.25) is 5.02 Å². The third kappa shape index (κ3) is 5.70. The van der Waals surface area contributed by atoms with Gasteiger partial charge in [0.1, 0.15) is 11.4 Å². The maximum Gasteiger partial charge on any atom is 0.283 e. The zero-order chi connectivity index (χ0) is 24.9. The number of amides is 2. The van der Waals surface area contributed by atoms with Crippen molar-refractivity contribution in [3.05, 3.63) is 85.7 Å². The Bertz CT molecular complexity index is 1360. The van der Waals surface area contributed by atoms with E-state index in [1.807, 2.05) is 17.5 Å². The summed E-state index contributed by atoms with van der Waals surface area (Å²) in [5, 5.41) is 16.1. The Balaban J connectivity index is 1.56. The van der Waals surface area contributed by atoms with Crippen molar-refractivity contribution < 1.29 is 19.2 Å². The van der Waals surface area contributed by atoms with Crippen molar-refractivity contribution in [3.8, 4) is 5.75 Å². The predicted octanol–water partition coefficient (Wildman–Crippen LogP) is 5.43. The van der Waals surface area contributed by atoms with Gasteiger partial charge >= 0.3 is 0 Å². The molecule has 0 atom stereocenters. The summed E-state index contributed by atoms with van der Waals surface area (Å²) in [6.07, 6.45) is 1.68. The number of carbonyl (C=O) groups is 2. The molecular formula is C23H17ClN4O5S2. The number of amidine groups is 1. The monoisotopic (exact) mass is 528 g/mol. The van der Waals surface area contributed by atoms with E-state index in [9.17, 15) is 19.7 Å². The number of carbonyl (C=O) groups excluding carboxylic acids is 2. The van der Waals surface area contributed by atoms with Gasteiger partial charge in [-0.05, 0) is 41.8 Å². The fraction of sp³-hybridized carbons (Fsp3) is 0.0870. The molecule has 1 aromatic heterocycles. The Morgan fingerprint density at radius 2 is 2.11 bits per heavy atom. The van der Waals surface area contributed by atoms with Crippen LogP contribution in [0.5, 0.6) is 5.75 Å². The summed E-state index contributed by atoms with van der Waals surface area (Å²) in [5.74, 6) is -0.393. The molecule has 178 valence electrons. The average Bonchev–Trinajstić information content (AvgIpc) is 3.46. The third-order valence-electron chi connectivity index (χ3n) is 4.72. The van der Waals surface area contributed by atoms with Gasteiger partial charge in [-0.15, -0.1) is 11.3 Å². The largest absolute Gasteiger partial charge is 0.495 e. The smallest absolute Gasteiger partial charge is 0.283 e. The summed E-state index contributed by atoms with van der Waals surface area (Å²) in [5.41, 5.74) is 0.861. The molecule has 0 fully saturated rings. The van der Waals surface area contributed by atoms with Crippen LogP contribution in [-0.4, -0.2) is 34.8 Å². The first-order chi connectivity index (χ1) is 16.9. The molecule has 0 aliphatic carbocycles. The number of benzene rings is 2. The molecule has 2 amide bonds. The Labute approximate surface area is 213 Å². The van der Waals surface area contributed by atoms with Crippen LogP contribution in [0.1, 0.15) is 4.88 Å². The SMILES string of the molecule is COc1ccc(N2C(=O)C(=Cc3cccs3)N=C2SCC(=O)Nc2cccc([N+](=O)[O-])c2)cc1Cl. The summed E-state index contributed by atoms with van der Waals surface area (Å²) >= 11 is 8.80. The van der Waals surface area contributed by atoms with Crippen LogP contribution >= 0.6 is 34.7 Å². The van der Waals surface area contributed by atoms with Gasteiger partial charge in [0.25, 0.3) is 11.6 Å². The highest BCUT2D eigenvalue weighted by molar-refractivity contribution is 8.14. The maximum absolute atomic E-state index is 13.2. The summed E-state index contributed by atoms with van der Waals surface area (Å²) in [4.78, 5) is 42.9. The van der Waals surface area contributed by atoms with E-state index in [4.69, 9.17) is 16.3 Å². The molecule has 35 heavy (non-hydrogen) atoms. The highest BCUT2D eigenvalue weighted by atomic mass is 35.5. The number of nitrogens with one attached hydrogen (secondary N) is 1. The second-order valence-corrected chi connectivity index (χ2v) is 9.37. The summed E-state index contributed by atoms with van der Waals surface area (Å²) in [6, 6.07) is 14.3. The minimum absolute atomic E-state index is 0.0819. The van der Waals surface area contributed by atoms with E-state index in [2.05, 4.69) is 10.3 Å². The quantitative estimate of drug-likeness (QED) is 0.248. The number of nitrogens with zero attached hydrogens (tertiary/aromatic N) is 3. The van der Waals surface area contributed by atoms with Crippen molar-refractivity contribution in [2.24, 2.45) is 4.99 Å². The van der Waals surface area contributed by atoms with Gasteiger partial charge in [-0.25, -0.2) is 4.99 Å². The number of ether oxygens (including phenoxy) is 1. The van der Waals surface area contributed by atoms with Gasteiger partial charge in [0.15, 0.2) is 5.17 Å². The predicted molar refractivity (Wildman–Crippen MR) is 139 cm³/mol. The van der Waals surface area contributed by atoms with Crippen LogP contribution in [-0.2, 0) is 9.59 Å². The zero-order valence-corrected chi connectivity index (χ0v) is 20.5. The van der Waals surface area contributed by atoms with Crippen LogP contribution < -0.4 is 15.0 Å². The fourth-order valence-electron chi connectivity index (χ4n) is 3.15. The number of thioether (sulfide) groups is 1. The van der Waals surface area contributed by atoms with Crippen LogP contribution in [0.15, 0.2) is 70.7 Å². The first-order valence-electron chi connectivity index (χ1n) is 10.0. The minimum Gasteiger partial charge on any atom is -0.495 e. The molecule has 3 aromatic rings. The Hall–Kier alpha value is -3.67. The standard InChI is InChI=1S/C23H17ClN4O5S2/c1-33-20-8-7-15(11-18(20)24)27-22(30)19(12-17-6-3-9-34-17)26-23(27)35-13-21(29)25-14-4-2-5-16(10-14)28(31)32/h2-12H,13H2,1H3,(H,25,29). The van der Waals surface area contributed by atoms with E-state index >= 15 is 0 Å². The zero-order valence-electron chi connectivity index (χ0n) is 18.1. The number of aliphatic imine (C=N–C) groups is 1. The van der Waals surface area contributed by atoms with E-state index < -0.39 is 10.8 Å². The molecular weight excluding hydrogens is 512 g/mol. The highest BCUT2D eigenvalue weighted by Crippen LogP contribution is 2.34. The summed E-state index contributed by atoms with van der Waals surface area (Å²) in [6.45, 7) is 0. The lowest BCUT2D eigenvalue weighted by Crippen LogP contribution is -2.31. The van der Waals surface area contributed by atoms with Gasteiger partial charge in [0.2, 0.25) is 5.91 Å². The molecule has 1 aliphatic heterocycles. The number of hydrogen-bond acceptors (Lipinski definition) is 8. The average molecular weight is 529 g/mol. The first kappa shape index (κ1) is 24.5. The molecule has 9 nitrogen and oxygen atoms in total. The van der Waals surface area contributed by atoms with E-state index in [-0.39, 0.29) is 23.0 Å². The number of methoxy groups -OCH3 is 1. The normalized spacial score (nSPS) is 14.2. The van der Waals surface area contributed by atoms with Gasteiger partial charge in [-0.1, -0.05) is 35.5 Å². The van der Waals surface area contributed by atoms with Crippen molar-refractivity contribution in [1.82, 2.24) is 0 Å². The number of nitro groups is 1. The lowest BCUT2D eigenvalue weighted by atomic mass is 10.2. The molecule has 0 saturated heterocycles. The van der Waals surface area contributed by atoms with Gasteiger partial charge in [0.05, 0.1) is 28.5 Å². The van der Waals surface area contributed by atoms with Crippen molar-refractivity contribution in [2.45, 2.75) is 0 Å². The summed E-state index contributed by atoms with van der Waals surface area (Å²) < 4.78 is 5.19. The van der Waals surface area contributed by atoms with E-state index in [0.29, 0.717) is 27.3 Å². The molecule has 2 aromatic carbocycles. The van der Waals surface area contributed by atoms with Gasteiger partial charge < -0.3 is 10.1 Å². The maximum atomic E-state index is 13.2. The number of anilines is 2. The summed E-state index contributed by atoms with van der Waals surface area (Å²) in [7, 11) is 1.49. The molecule has 1 aliphatic rings. The van der Waals surface area contributed by atoms with Crippen LogP contribution in [0, 0.1) is 10.1 Å². The lowest BCUT2D eigenvalue weighted by Gasteiger charge is -2.18. The molecule has 1 N–H and O–H groups in total. The number of hydrogen-bond donors (Lipinski definition) is 1. The molecule has 0 saturated carbocycles. The molecule has 0 spiro atoms. The molecule has 0 unspecified atom stereocenters. The molecule has 4 rings (SSSR count). The minimum atomic E-state index is -0.539. The lowest BCUT2D eigenvalue weighted by molar-refractivity contribution is -0.384. The Kier molecular flexibility index (Phi) is 7.49. The van der Waals surface area contributed by atoms with E-state index in [1.54, 1.807) is 30.3 Å². The van der Waals surface area contributed by atoms with E-state index in [0.717, 1.165) is 16.6 Å². The van der Waals surface area contributed by atoms with Crippen molar-refractivity contribution >= 4 is 74.8 Å². The van der Waals surface area contributed by atoms with Crippen LogP contribution in [0.3, 0.4) is 0 Å². The second-order valence-electron chi connectivity index (χ2n) is 7.04.